The van der Waals surface area contributed by atoms with E-state index in [9.17, 15) is 9.50 Å². The van der Waals surface area contributed by atoms with Gasteiger partial charge in [0.05, 0.1) is 23.1 Å². The monoisotopic (exact) mass is 430 g/mol. The van der Waals surface area contributed by atoms with E-state index in [0.717, 1.165) is 11.4 Å². The summed E-state index contributed by atoms with van der Waals surface area (Å²) in [6.07, 6.45) is 3.56. The average molecular weight is 431 g/mol. The zero-order valence-electron chi connectivity index (χ0n) is 16.4. The molecule has 1 fully saturated rings. The molecule has 1 aliphatic heterocycles. The number of phenols is 1. The van der Waals surface area contributed by atoms with Crippen LogP contribution in [0.25, 0.3) is 5.69 Å². The molecule has 0 amide bonds. The Balaban J connectivity index is 1.71. The Kier molecular flexibility index (Phi) is 4.88. The Morgan fingerprint density at radius 2 is 1.65 bits per heavy atom. The van der Waals surface area contributed by atoms with Crippen LogP contribution < -0.4 is 10.2 Å². The van der Waals surface area contributed by atoms with Crippen LogP contribution in [0.2, 0.25) is 0 Å². The van der Waals surface area contributed by atoms with Crippen molar-refractivity contribution in [2.75, 3.05) is 4.90 Å². The summed E-state index contributed by atoms with van der Waals surface area (Å²) in [5.74, 6) is -0.209. The van der Waals surface area contributed by atoms with Crippen molar-refractivity contribution < 1.29 is 9.50 Å². The van der Waals surface area contributed by atoms with Crippen LogP contribution in [-0.4, -0.2) is 19.8 Å². The fourth-order valence-corrected chi connectivity index (χ4v) is 4.42. The van der Waals surface area contributed by atoms with E-state index in [1.807, 2.05) is 58.1 Å². The molecule has 2 aromatic heterocycles. The Hall–Kier alpha value is -3.71. The second-order valence-corrected chi connectivity index (χ2v) is 7.63. The molecule has 5 nitrogen and oxygen atoms in total. The quantitative estimate of drug-likeness (QED) is 0.452. The Labute approximate surface area is 184 Å². The number of halogens is 1. The third kappa shape index (κ3) is 3.33. The van der Waals surface area contributed by atoms with E-state index in [1.54, 1.807) is 36.5 Å². The number of benzene rings is 2. The van der Waals surface area contributed by atoms with Crippen molar-refractivity contribution in [3.8, 4) is 11.4 Å². The Morgan fingerprint density at radius 3 is 2.39 bits per heavy atom. The van der Waals surface area contributed by atoms with Crippen molar-refractivity contribution in [2.24, 2.45) is 0 Å². The summed E-state index contributed by atoms with van der Waals surface area (Å²) in [7, 11) is 0. The van der Waals surface area contributed by atoms with Crippen molar-refractivity contribution in [3.63, 3.8) is 0 Å². The number of nitrogens with one attached hydrogen (secondary N) is 1. The molecule has 0 aliphatic carbocycles. The number of hydrogen-bond acceptors (Lipinski definition) is 3. The van der Waals surface area contributed by atoms with E-state index in [1.165, 1.54) is 6.07 Å². The van der Waals surface area contributed by atoms with E-state index in [-0.39, 0.29) is 23.7 Å². The van der Waals surface area contributed by atoms with Gasteiger partial charge < -0.3 is 19.9 Å². The number of phenolic OH excluding ortho intramolecular Hbond substituents is 1. The number of anilines is 1. The molecule has 3 heterocycles. The molecular formula is C24H19FN4OS. The van der Waals surface area contributed by atoms with Gasteiger partial charge in [-0.15, -0.1) is 0 Å². The van der Waals surface area contributed by atoms with Gasteiger partial charge in [-0.25, -0.2) is 4.39 Å². The van der Waals surface area contributed by atoms with Crippen molar-refractivity contribution in [3.05, 3.63) is 108 Å². The predicted octanol–water partition coefficient (Wildman–Crippen LogP) is 4.89. The first-order valence-corrected chi connectivity index (χ1v) is 10.3. The van der Waals surface area contributed by atoms with E-state index in [2.05, 4.69) is 10.3 Å². The highest BCUT2D eigenvalue weighted by Gasteiger charge is 2.43. The molecule has 0 radical (unpaired) electrons. The summed E-state index contributed by atoms with van der Waals surface area (Å²) in [5.41, 5.74) is 2.63. The number of aromatic hydroxyl groups is 1. The molecule has 1 aliphatic rings. The lowest BCUT2D eigenvalue weighted by Crippen LogP contribution is -2.30. The van der Waals surface area contributed by atoms with Crippen molar-refractivity contribution in [1.82, 2.24) is 14.9 Å². The molecule has 0 spiro atoms. The van der Waals surface area contributed by atoms with Crippen LogP contribution in [0.3, 0.4) is 0 Å². The van der Waals surface area contributed by atoms with Crippen LogP contribution in [0.1, 0.15) is 23.5 Å². The van der Waals surface area contributed by atoms with E-state index in [4.69, 9.17) is 12.2 Å². The largest absolute Gasteiger partial charge is 0.506 e. The number of aromatic nitrogens is 2. The van der Waals surface area contributed by atoms with Crippen molar-refractivity contribution >= 4 is 23.0 Å². The topological polar surface area (TPSA) is 53.3 Å². The first kappa shape index (κ1) is 19.3. The minimum absolute atomic E-state index is 0.113. The van der Waals surface area contributed by atoms with Crippen LogP contribution in [0.4, 0.5) is 10.1 Å². The predicted molar refractivity (Wildman–Crippen MR) is 122 cm³/mol. The molecule has 2 aromatic carbocycles. The molecule has 2 N–H and O–H groups in total. The summed E-state index contributed by atoms with van der Waals surface area (Å²) >= 11 is 5.69. The van der Waals surface area contributed by atoms with Crippen molar-refractivity contribution in [1.29, 1.82) is 0 Å². The Bertz CT molecular complexity index is 1240. The minimum atomic E-state index is -0.370. The maximum Gasteiger partial charge on any atom is 0.174 e. The molecule has 5 rings (SSSR count). The molecule has 7 heteroatoms. The first-order valence-electron chi connectivity index (χ1n) is 9.86. The van der Waals surface area contributed by atoms with Crippen LogP contribution in [0.15, 0.2) is 91.3 Å². The molecule has 154 valence electrons. The van der Waals surface area contributed by atoms with Gasteiger partial charge in [-0.3, -0.25) is 4.98 Å². The Morgan fingerprint density at radius 1 is 0.903 bits per heavy atom. The molecule has 31 heavy (non-hydrogen) atoms. The van der Waals surface area contributed by atoms with E-state index < -0.39 is 0 Å². The molecular weight excluding hydrogens is 411 g/mol. The third-order valence-corrected chi connectivity index (χ3v) is 5.75. The lowest BCUT2D eigenvalue weighted by molar-refractivity contribution is 0.471. The van der Waals surface area contributed by atoms with Crippen LogP contribution in [0.5, 0.6) is 5.75 Å². The number of thiocarbonyl (C=S) groups is 1. The zero-order chi connectivity index (χ0) is 21.4. The van der Waals surface area contributed by atoms with Crippen molar-refractivity contribution in [2.45, 2.75) is 12.1 Å². The summed E-state index contributed by atoms with van der Waals surface area (Å²) in [6, 6.07) is 22.5. The summed E-state index contributed by atoms with van der Waals surface area (Å²) in [6.45, 7) is 0. The standard InChI is InChI=1S/C24H19FN4OS/c25-16-8-1-2-10-18(16)28-15-7-12-20(28)23-22(17-9-5-6-14-26-17)27-24(31)29(23)19-11-3-4-13-21(19)30/h1-15,22-23,30H,(H,27,31)/t22-,23-/m1/s1. The average Bonchev–Trinajstić information content (AvgIpc) is 3.39. The normalized spacial score (nSPS) is 18.2. The van der Waals surface area contributed by atoms with Crippen LogP contribution in [-0.2, 0) is 0 Å². The van der Waals surface area contributed by atoms with Crippen LogP contribution in [0, 0.1) is 5.82 Å². The maximum atomic E-state index is 14.7. The third-order valence-electron chi connectivity index (χ3n) is 5.43. The SMILES string of the molecule is Oc1ccccc1N1C(=S)N[C@H](c2ccccn2)[C@H]1c1cccn1-c1ccccc1F. The zero-order valence-corrected chi connectivity index (χ0v) is 17.2. The fourth-order valence-electron chi connectivity index (χ4n) is 4.08. The summed E-state index contributed by atoms with van der Waals surface area (Å²) in [4.78, 5) is 6.40. The highest BCUT2D eigenvalue weighted by atomic mass is 32.1. The highest BCUT2D eigenvalue weighted by molar-refractivity contribution is 7.80. The number of nitrogens with zero attached hydrogens (tertiary/aromatic N) is 3. The highest BCUT2D eigenvalue weighted by Crippen LogP contribution is 2.44. The summed E-state index contributed by atoms with van der Waals surface area (Å²) in [5, 5.41) is 14.4. The number of para-hydroxylation sites is 3. The second-order valence-electron chi connectivity index (χ2n) is 7.24. The second kappa shape index (κ2) is 7.85. The van der Waals surface area contributed by atoms with Gasteiger partial charge in [0.1, 0.15) is 17.6 Å². The number of rotatable bonds is 4. The molecule has 0 unspecified atom stereocenters. The van der Waals surface area contributed by atoms with Gasteiger partial charge in [0, 0.05) is 18.1 Å². The van der Waals surface area contributed by atoms with Gasteiger partial charge in [-0.2, -0.15) is 0 Å². The number of pyridine rings is 1. The molecule has 0 saturated carbocycles. The lowest BCUT2D eigenvalue weighted by Gasteiger charge is -2.29. The van der Waals surface area contributed by atoms with E-state index in [0.29, 0.717) is 16.5 Å². The van der Waals surface area contributed by atoms with Gasteiger partial charge in [-0.1, -0.05) is 30.3 Å². The fraction of sp³-hybridized carbons (Fsp3) is 0.0833. The van der Waals surface area contributed by atoms with E-state index >= 15 is 0 Å². The maximum absolute atomic E-state index is 14.7. The molecule has 4 aromatic rings. The number of hydrogen-bond donors (Lipinski definition) is 2. The summed E-state index contributed by atoms with van der Waals surface area (Å²) < 4.78 is 16.5. The first-order chi connectivity index (χ1) is 15.1. The smallest absolute Gasteiger partial charge is 0.174 e. The molecule has 2 atom stereocenters. The van der Waals surface area contributed by atoms with Gasteiger partial charge in [0.25, 0.3) is 0 Å². The van der Waals surface area contributed by atoms with Gasteiger partial charge >= 0.3 is 0 Å². The molecule has 0 bridgehead atoms. The lowest BCUT2D eigenvalue weighted by atomic mass is 10.0. The van der Waals surface area contributed by atoms with Gasteiger partial charge in [-0.05, 0) is 60.7 Å². The van der Waals surface area contributed by atoms with Crippen LogP contribution >= 0.6 is 12.2 Å². The molecule has 1 saturated heterocycles. The minimum Gasteiger partial charge on any atom is -0.506 e. The van der Waals surface area contributed by atoms with Gasteiger partial charge in [0.15, 0.2) is 5.11 Å². The van der Waals surface area contributed by atoms with Gasteiger partial charge in [0.2, 0.25) is 0 Å².